The maximum atomic E-state index is 9.46. The van der Waals surface area contributed by atoms with E-state index in [1.165, 1.54) is 24.8 Å². The summed E-state index contributed by atoms with van der Waals surface area (Å²) in [7, 11) is 0. The molecule has 72 valence electrons. The first-order chi connectivity index (χ1) is 6.25. The second kappa shape index (κ2) is 4.90. The van der Waals surface area contributed by atoms with Crippen molar-refractivity contribution in [2.45, 2.75) is 39.5 Å². The van der Waals surface area contributed by atoms with Crippen LogP contribution in [-0.2, 0) is 6.42 Å². The molecule has 0 bridgehead atoms. The van der Waals surface area contributed by atoms with E-state index >= 15 is 0 Å². The molecular formula is C12H18O. The molecule has 0 heterocycles. The molecule has 1 aromatic rings. The summed E-state index contributed by atoms with van der Waals surface area (Å²) >= 11 is 0. The minimum absolute atomic E-state index is 0.425. The average molecular weight is 178 g/mol. The summed E-state index contributed by atoms with van der Waals surface area (Å²) in [6, 6.07) is 5.77. The molecule has 0 aliphatic carbocycles. The molecule has 1 aromatic carbocycles. The summed E-state index contributed by atoms with van der Waals surface area (Å²) in [6.07, 6.45) is 4.84. The van der Waals surface area contributed by atoms with Crippen molar-refractivity contribution in [1.29, 1.82) is 0 Å². The fraction of sp³-hybridized carbons (Fsp3) is 0.500. The third kappa shape index (κ3) is 2.76. The van der Waals surface area contributed by atoms with Crippen LogP contribution in [0.3, 0.4) is 0 Å². The molecule has 0 fully saturated rings. The van der Waals surface area contributed by atoms with Crippen LogP contribution in [0.1, 0.15) is 37.3 Å². The first-order valence-corrected chi connectivity index (χ1v) is 5.03. The van der Waals surface area contributed by atoms with Crippen LogP contribution in [0.15, 0.2) is 18.2 Å². The Labute approximate surface area is 80.4 Å². The quantitative estimate of drug-likeness (QED) is 0.700. The van der Waals surface area contributed by atoms with Gasteiger partial charge in [0.15, 0.2) is 0 Å². The van der Waals surface area contributed by atoms with Crippen molar-refractivity contribution in [3.05, 3.63) is 29.3 Å². The highest BCUT2D eigenvalue weighted by Crippen LogP contribution is 2.21. The minimum Gasteiger partial charge on any atom is -0.508 e. The number of aromatic hydroxyl groups is 1. The van der Waals surface area contributed by atoms with E-state index in [9.17, 15) is 5.11 Å². The zero-order valence-corrected chi connectivity index (χ0v) is 8.51. The molecule has 0 saturated carbocycles. The van der Waals surface area contributed by atoms with E-state index in [4.69, 9.17) is 0 Å². The van der Waals surface area contributed by atoms with Gasteiger partial charge in [-0.1, -0.05) is 31.9 Å². The molecule has 13 heavy (non-hydrogen) atoms. The first kappa shape index (κ1) is 10.1. The first-order valence-electron chi connectivity index (χ1n) is 5.03. The number of phenols is 1. The Morgan fingerprint density at radius 2 is 2.00 bits per heavy atom. The molecule has 0 aromatic heterocycles. The van der Waals surface area contributed by atoms with E-state index in [-0.39, 0.29) is 0 Å². The van der Waals surface area contributed by atoms with Crippen molar-refractivity contribution in [3.8, 4) is 5.75 Å². The number of rotatable bonds is 4. The highest BCUT2D eigenvalue weighted by atomic mass is 16.3. The van der Waals surface area contributed by atoms with Gasteiger partial charge in [-0.05, 0) is 37.0 Å². The van der Waals surface area contributed by atoms with Crippen LogP contribution in [-0.4, -0.2) is 5.11 Å². The van der Waals surface area contributed by atoms with E-state index in [0.717, 1.165) is 12.0 Å². The molecule has 0 aliphatic rings. The number of hydrogen-bond donors (Lipinski definition) is 1. The molecule has 1 heteroatoms. The van der Waals surface area contributed by atoms with Crippen LogP contribution in [0.2, 0.25) is 0 Å². The monoisotopic (exact) mass is 178 g/mol. The highest BCUT2D eigenvalue weighted by Gasteiger charge is 2.01. The Bertz CT molecular complexity index is 266. The van der Waals surface area contributed by atoms with Gasteiger partial charge in [0, 0.05) is 0 Å². The number of hydrogen-bond acceptors (Lipinski definition) is 1. The standard InChI is InChI=1S/C12H18O/c1-3-4-5-7-11-8-6-9-12(13)10(11)2/h6,8-9,13H,3-5,7H2,1-2H3. The van der Waals surface area contributed by atoms with Crippen LogP contribution in [0, 0.1) is 6.92 Å². The van der Waals surface area contributed by atoms with E-state index in [0.29, 0.717) is 5.75 Å². The van der Waals surface area contributed by atoms with Gasteiger partial charge >= 0.3 is 0 Å². The van der Waals surface area contributed by atoms with Crippen LogP contribution in [0.25, 0.3) is 0 Å². The fourth-order valence-corrected chi connectivity index (χ4v) is 1.51. The van der Waals surface area contributed by atoms with E-state index in [1.807, 2.05) is 13.0 Å². The van der Waals surface area contributed by atoms with E-state index < -0.39 is 0 Å². The lowest BCUT2D eigenvalue weighted by Crippen LogP contribution is -1.89. The predicted octanol–water partition coefficient (Wildman–Crippen LogP) is 3.43. The van der Waals surface area contributed by atoms with Crippen LogP contribution >= 0.6 is 0 Å². The zero-order chi connectivity index (χ0) is 9.68. The maximum absolute atomic E-state index is 9.46. The highest BCUT2D eigenvalue weighted by molar-refractivity contribution is 5.37. The average Bonchev–Trinajstić information content (AvgIpc) is 2.13. The number of unbranched alkanes of at least 4 members (excludes halogenated alkanes) is 2. The normalized spacial score (nSPS) is 10.3. The molecular weight excluding hydrogens is 160 g/mol. The Kier molecular flexibility index (Phi) is 3.81. The topological polar surface area (TPSA) is 20.2 Å². The van der Waals surface area contributed by atoms with Gasteiger partial charge in [0.2, 0.25) is 0 Å². The predicted molar refractivity (Wildman–Crippen MR) is 56.1 cm³/mol. The summed E-state index contributed by atoms with van der Waals surface area (Å²) in [6.45, 7) is 4.19. The fourth-order valence-electron chi connectivity index (χ4n) is 1.51. The molecule has 1 nitrogen and oxygen atoms in total. The number of phenolic OH excluding ortho intramolecular Hbond substituents is 1. The maximum Gasteiger partial charge on any atom is 0.118 e. The van der Waals surface area contributed by atoms with Gasteiger partial charge in [0.25, 0.3) is 0 Å². The van der Waals surface area contributed by atoms with Crippen LogP contribution in [0.5, 0.6) is 5.75 Å². The molecule has 1 N–H and O–H groups in total. The summed E-state index contributed by atoms with van der Waals surface area (Å²) in [5, 5.41) is 9.46. The van der Waals surface area contributed by atoms with Gasteiger partial charge in [-0.3, -0.25) is 0 Å². The van der Waals surface area contributed by atoms with E-state index in [2.05, 4.69) is 13.0 Å². The SMILES string of the molecule is CCCCCc1cccc(O)c1C. The van der Waals surface area contributed by atoms with Crippen molar-refractivity contribution in [2.24, 2.45) is 0 Å². The molecule has 0 amide bonds. The van der Waals surface area contributed by atoms with Crippen molar-refractivity contribution in [3.63, 3.8) is 0 Å². The molecule has 1 rings (SSSR count). The number of aryl methyl sites for hydroxylation is 1. The third-order valence-electron chi connectivity index (χ3n) is 2.47. The van der Waals surface area contributed by atoms with Crippen molar-refractivity contribution in [1.82, 2.24) is 0 Å². The van der Waals surface area contributed by atoms with Gasteiger partial charge in [0.05, 0.1) is 0 Å². The van der Waals surface area contributed by atoms with Crippen LogP contribution < -0.4 is 0 Å². The van der Waals surface area contributed by atoms with Gasteiger partial charge in [-0.15, -0.1) is 0 Å². The van der Waals surface area contributed by atoms with E-state index in [1.54, 1.807) is 6.07 Å². The Balaban J connectivity index is 2.61. The van der Waals surface area contributed by atoms with Crippen molar-refractivity contribution < 1.29 is 5.11 Å². The minimum atomic E-state index is 0.425. The Hall–Kier alpha value is -0.980. The lowest BCUT2D eigenvalue weighted by Gasteiger charge is -2.06. The molecule has 0 atom stereocenters. The lowest BCUT2D eigenvalue weighted by molar-refractivity contribution is 0.470. The van der Waals surface area contributed by atoms with Gasteiger partial charge in [-0.2, -0.15) is 0 Å². The second-order valence-corrected chi connectivity index (χ2v) is 3.52. The number of benzene rings is 1. The molecule has 0 radical (unpaired) electrons. The van der Waals surface area contributed by atoms with Gasteiger partial charge in [0.1, 0.15) is 5.75 Å². The second-order valence-electron chi connectivity index (χ2n) is 3.52. The summed E-state index contributed by atoms with van der Waals surface area (Å²) in [4.78, 5) is 0. The molecule has 0 spiro atoms. The van der Waals surface area contributed by atoms with Crippen molar-refractivity contribution in [2.75, 3.05) is 0 Å². The molecule has 0 aliphatic heterocycles. The Morgan fingerprint density at radius 1 is 1.23 bits per heavy atom. The smallest absolute Gasteiger partial charge is 0.118 e. The Morgan fingerprint density at radius 3 is 2.69 bits per heavy atom. The van der Waals surface area contributed by atoms with Crippen molar-refractivity contribution >= 4 is 0 Å². The van der Waals surface area contributed by atoms with Gasteiger partial charge in [-0.25, -0.2) is 0 Å². The third-order valence-corrected chi connectivity index (χ3v) is 2.47. The molecule has 0 saturated heterocycles. The largest absolute Gasteiger partial charge is 0.508 e. The zero-order valence-electron chi connectivity index (χ0n) is 8.51. The summed E-state index contributed by atoms with van der Waals surface area (Å²) < 4.78 is 0. The van der Waals surface area contributed by atoms with Crippen LogP contribution in [0.4, 0.5) is 0 Å². The van der Waals surface area contributed by atoms with Gasteiger partial charge < -0.3 is 5.11 Å². The summed E-state index contributed by atoms with van der Waals surface area (Å²) in [5.41, 5.74) is 2.33. The molecule has 0 unspecified atom stereocenters. The summed E-state index contributed by atoms with van der Waals surface area (Å²) in [5.74, 6) is 0.425. The lowest BCUT2D eigenvalue weighted by atomic mass is 10.0.